The highest BCUT2D eigenvalue weighted by atomic mass is 16.1. The van der Waals surface area contributed by atoms with Crippen LogP contribution in [0.4, 0.5) is 0 Å². The van der Waals surface area contributed by atoms with E-state index in [9.17, 15) is 9.59 Å². The van der Waals surface area contributed by atoms with Gasteiger partial charge in [-0.3, -0.25) is 9.59 Å². The molecule has 0 aromatic heterocycles. The second-order valence-corrected chi connectivity index (χ2v) is 5.01. The van der Waals surface area contributed by atoms with Gasteiger partial charge in [-0.1, -0.05) is 48.5 Å². The number of fused-ring (bicyclic) bond motifs is 1. The van der Waals surface area contributed by atoms with Gasteiger partial charge in [0.25, 0.3) is 0 Å². The molecule has 2 aromatic rings. The van der Waals surface area contributed by atoms with E-state index in [1.54, 1.807) is 24.3 Å². The van der Waals surface area contributed by atoms with E-state index in [-0.39, 0.29) is 11.6 Å². The molecule has 0 saturated heterocycles. The van der Waals surface area contributed by atoms with E-state index in [0.29, 0.717) is 23.1 Å². The quantitative estimate of drug-likeness (QED) is 0.829. The molecule has 1 aliphatic carbocycles. The first-order valence-electron chi connectivity index (χ1n) is 6.60. The molecule has 0 fully saturated rings. The molecule has 0 heterocycles. The Bertz CT molecular complexity index is 739. The molecule has 2 aromatic carbocycles. The fourth-order valence-corrected chi connectivity index (χ4v) is 2.52. The molecule has 0 unspecified atom stereocenters. The standard InChI is InChI=1S/C18H14O2/c1-12-6-2-3-7-13(12)10-14-11-17(19)15-8-4-5-9-16(15)18(14)20/h2-9,11H,10H2,1H3. The monoisotopic (exact) mass is 262 g/mol. The summed E-state index contributed by atoms with van der Waals surface area (Å²) in [7, 11) is 0. The Labute approximate surface area is 117 Å². The largest absolute Gasteiger partial charge is 0.289 e. The lowest BCUT2D eigenvalue weighted by molar-refractivity contribution is 0.0982. The van der Waals surface area contributed by atoms with Crippen molar-refractivity contribution in [3.05, 3.63) is 82.4 Å². The van der Waals surface area contributed by atoms with Crippen LogP contribution < -0.4 is 0 Å². The van der Waals surface area contributed by atoms with Gasteiger partial charge in [-0.2, -0.15) is 0 Å². The number of Topliss-reactive ketones (excluding diaryl/α,β-unsaturated/α-hetero) is 1. The summed E-state index contributed by atoms with van der Waals surface area (Å²) in [5.74, 6) is -0.118. The van der Waals surface area contributed by atoms with E-state index >= 15 is 0 Å². The van der Waals surface area contributed by atoms with Crippen molar-refractivity contribution in [2.24, 2.45) is 0 Å². The number of ketones is 2. The van der Waals surface area contributed by atoms with Crippen molar-refractivity contribution in [2.45, 2.75) is 13.3 Å². The molecule has 98 valence electrons. The lowest BCUT2D eigenvalue weighted by Gasteiger charge is -2.15. The van der Waals surface area contributed by atoms with Gasteiger partial charge in [0.15, 0.2) is 11.6 Å². The maximum absolute atomic E-state index is 12.5. The fraction of sp³-hybridized carbons (Fsp3) is 0.111. The van der Waals surface area contributed by atoms with E-state index in [1.165, 1.54) is 6.08 Å². The highest BCUT2D eigenvalue weighted by Gasteiger charge is 2.25. The molecule has 2 nitrogen and oxygen atoms in total. The first kappa shape index (κ1) is 12.5. The van der Waals surface area contributed by atoms with Gasteiger partial charge in [0.05, 0.1) is 0 Å². The van der Waals surface area contributed by atoms with Crippen molar-refractivity contribution in [1.29, 1.82) is 0 Å². The number of carbonyl (C=O) groups excluding carboxylic acids is 2. The Morgan fingerprint density at radius 2 is 1.50 bits per heavy atom. The minimum absolute atomic E-state index is 0.0385. The van der Waals surface area contributed by atoms with Crippen molar-refractivity contribution in [2.75, 3.05) is 0 Å². The summed E-state index contributed by atoms with van der Waals surface area (Å²) in [6.45, 7) is 2.01. The van der Waals surface area contributed by atoms with Crippen LogP contribution in [-0.2, 0) is 6.42 Å². The molecule has 0 bridgehead atoms. The molecule has 0 N–H and O–H groups in total. The Morgan fingerprint density at radius 3 is 2.25 bits per heavy atom. The molecule has 0 radical (unpaired) electrons. The third-order valence-corrected chi connectivity index (χ3v) is 3.68. The lowest BCUT2D eigenvalue weighted by atomic mass is 9.86. The molecule has 2 heteroatoms. The SMILES string of the molecule is Cc1ccccc1CC1=CC(=O)c2ccccc2C1=O. The van der Waals surface area contributed by atoms with Gasteiger partial charge < -0.3 is 0 Å². The maximum atomic E-state index is 12.5. The first-order chi connectivity index (χ1) is 9.66. The van der Waals surface area contributed by atoms with Gasteiger partial charge in [0.2, 0.25) is 0 Å². The van der Waals surface area contributed by atoms with Gasteiger partial charge in [0, 0.05) is 23.1 Å². The molecule has 1 aliphatic rings. The number of hydrogen-bond donors (Lipinski definition) is 0. The van der Waals surface area contributed by atoms with Crippen molar-refractivity contribution < 1.29 is 9.59 Å². The van der Waals surface area contributed by atoms with Crippen molar-refractivity contribution >= 4 is 11.6 Å². The van der Waals surface area contributed by atoms with Crippen LogP contribution in [0.25, 0.3) is 0 Å². The average Bonchev–Trinajstić information content (AvgIpc) is 2.47. The summed E-state index contributed by atoms with van der Waals surface area (Å²) in [6.07, 6.45) is 1.99. The molecule has 0 amide bonds. The normalized spacial score (nSPS) is 13.9. The Hall–Kier alpha value is -2.48. The second-order valence-electron chi connectivity index (χ2n) is 5.01. The number of hydrogen-bond acceptors (Lipinski definition) is 2. The highest BCUT2D eigenvalue weighted by Crippen LogP contribution is 2.24. The smallest absolute Gasteiger partial charge is 0.190 e. The second kappa shape index (κ2) is 4.89. The van der Waals surface area contributed by atoms with Crippen molar-refractivity contribution in [3.8, 4) is 0 Å². The van der Waals surface area contributed by atoms with Crippen LogP contribution in [0.1, 0.15) is 31.8 Å². The van der Waals surface area contributed by atoms with Crippen LogP contribution in [0, 0.1) is 6.92 Å². The van der Waals surface area contributed by atoms with Gasteiger partial charge in [0.1, 0.15) is 0 Å². The first-order valence-corrected chi connectivity index (χ1v) is 6.60. The van der Waals surface area contributed by atoms with Crippen LogP contribution in [0.15, 0.2) is 60.2 Å². The van der Waals surface area contributed by atoms with E-state index in [0.717, 1.165) is 11.1 Å². The summed E-state index contributed by atoms with van der Waals surface area (Å²) in [4.78, 5) is 24.5. The van der Waals surface area contributed by atoms with Gasteiger partial charge in [-0.15, -0.1) is 0 Å². The molecular formula is C18H14O2. The Balaban J connectivity index is 1.99. The van der Waals surface area contributed by atoms with Gasteiger partial charge >= 0.3 is 0 Å². The van der Waals surface area contributed by atoms with Crippen LogP contribution in [-0.4, -0.2) is 11.6 Å². The number of carbonyl (C=O) groups is 2. The van der Waals surface area contributed by atoms with Crippen LogP contribution in [0.5, 0.6) is 0 Å². The fourth-order valence-electron chi connectivity index (χ4n) is 2.52. The topological polar surface area (TPSA) is 34.1 Å². The number of aryl methyl sites for hydroxylation is 1. The average molecular weight is 262 g/mol. The van der Waals surface area contributed by atoms with Crippen LogP contribution >= 0.6 is 0 Å². The van der Waals surface area contributed by atoms with E-state index in [4.69, 9.17) is 0 Å². The predicted octanol–water partition coefficient (Wildman–Crippen LogP) is 3.54. The van der Waals surface area contributed by atoms with E-state index in [1.807, 2.05) is 31.2 Å². The third kappa shape index (κ3) is 2.10. The number of benzene rings is 2. The number of rotatable bonds is 2. The molecule has 20 heavy (non-hydrogen) atoms. The van der Waals surface area contributed by atoms with Gasteiger partial charge in [-0.05, 0) is 24.1 Å². The minimum Gasteiger partial charge on any atom is -0.289 e. The predicted molar refractivity (Wildman–Crippen MR) is 78.1 cm³/mol. The molecule has 0 spiro atoms. The van der Waals surface area contributed by atoms with Crippen molar-refractivity contribution in [1.82, 2.24) is 0 Å². The molecule has 0 aliphatic heterocycles. The molecular weight excluding hydrogens is 248 g/mol. The molecule has 3 rings (SSSR count). The lowest BCUT2D eigenvalue weighted by Crippen LogP contribution is -2.18. The van der Waals surface area contributed by atoms with E-state index < -0.39 is 0 Å². The minimum atomic E-state index is -0.0798. The number of allylic oxidation sites excluding steroid dienone is 2. The van der Waals surface area contributed by atoms with Gasteiger partial charge in [-0.25, -0.2) is 0 Å². The van der Waals surface area contributed by atoms with Crippen LogP contribution in [0.2, 0.25) is 0 Å². The summed E-state index contributed by atoms with van der Waals surface area (Å²) in [5, 5.41) is 0. The summed E-state index contributed by atoms with van der Waals surface area (Å²) in [5.41, 5.74) is 3.81. The van der Waals surface area contributed by atoms with E-state index in [2.05, 4.69) is 0 Å². The van der Waals surface area contributed by atoms with Crippen LogP contribution in [0.3, 0.4) is 0 Å². The zero-order chi connectivity index (χ0) is 14.1. The maximum Gasteiger partial charge on any atom is 0.190 e. The Morgan fingerprint density at radius 1 is 0.850 bits per heavy atom. The molecule has 0 atom stereocenters. The summed E-state index contributed by atoms with van der Waals surface area (Å²) >= 11 is 0. The summed E-state index contributed by atoms with van der Waals surface area (Å²) < 4.78 is 0. The van der Waals surface area contributed by atoms with Crippen molar-refractivity contribution in [3.63, 3.8) is 0 Å². The third-order valence-electron chi connectivity index (χ3n) is 3.68. The summed E-state index contributed by atoms with van der Waals surface area (Å²) in [6, 6.07) is 14.9. The highest BCUT2D eigenvalue weighted by molar-refractivity contribution is 6.24. The zero-order valence-corrected chi connectivity index (χ0v) is 11.2. The molecule has 0 saturated carbocycles. The Kier molecular flexibility index (Phi) is 3.07. The zero-order valence-electron chi connectivity index (χ0n) is 11.2.